The van der Waals surface area contributed by atoms with Crippen molar-refractivity contribution in [3.05, 3.63) is 24.3 Å². The highest BCUT2D eigenvalue weighted by Crippen LogP contribution is 2.25. The second-order valence-electron chi connectivity index (χ2n) is 3.18. The molecule has 1 rings (SSSR count). The summed E-state index contributed by atoms with van der Waals surface area (Å²) in [5.41, 5.74) is 0. The molecule has 0 saturated carbocycles. The molecule has 0 spiro atoms. The number of aromatic hydroxyl groups is 1. The summed E-state index contributed by atoms with van der Waals surface area (Å²) < 4.78 is 5.54. The summed E-state index contributed by atoms with van der Waals surface area (Å²) in [5, 5.41) is 9.40. The molecule has 1 unspecified atom stereocenters. The SMILES string of the molecule is CCCC(C)Oc1ccccc1O. The smallest absolute Gasteiger partial charge is 0.161 e. The molecular formula is C11H16O2. The van der Waals surface area contributed by atoms with E-state index in [0.717, 1.165) is 12.8 Å². The second-order valence-corrected chi connectivity index (χ2v) is 3.18. The first-order valence-electron chi connectivity index (χ1n) is 4.68. The van der Waals surface area contributed by atoms with Gasteiger partial charge >= 0.3 is 0 Å². The number of hydrogen-bond donors (Lipinski definition) is 1. The summed E-state index contributed by atoms with van der Waals surface area (Å²) in [5.74, 6) is 0.786. The first kappa shape index (κ1) is 9.90. The molecule has 2 heteroatoms. The maximum absolute atomic E-state index is 9.40. The molecule has 0 radical (unpaired) electrons. The van der Waals surface area contributed by atoms with Crippen LogP contribution in [0.2, 0.25) is 0 Å². The molecule has 0 aromatic heterocycles. The Morgan fingerprint density at radius 2 is 2.08 bits per heavy atom. The van der Waals surface area contributed by atoms with E-state index >= 15 is 0 Å². The van der Waals surface area contributed by atoms with Gasteiger partial charge in [0.05, 0.1) is 6.10 Å². The van der Waals surface area contributed by atoms with E-state index in [4.69, 9.17) is 4.74 Å². The van der Waals surface area contributed by atoms with Crippen LogP contribution in [0, 0.1) is 0 Å². The Balaban J connectivity index is 2.58. The number of benzene rings is 1. The third-order valence-corrected chi connectivity index (χ3v) is 1.89. The van der Waals surface area contributed by atoms with Gasteiger partial charge in [-0.25, -0.2) is 0 Å². The van der Waals surface area contributed by atoms with Gasteiger partial charge < -0.3 is 9.84 Å². The molecule has 0 aliphatic heterocycles. The predicted molar refractivity (Wildman–Crippen MR) is 53.1 cm³/mol. The lowest BCUT2D eigenvalue weighted by molar-refractivity contribution is 0.202. The van der Waals surface area contributed by atoms with E-state index in [1.54, 1.807) is 18.2 Å². The van der Waals surface area contributed by atoms with Gasteiger partial charge in [-0.15, -0.1) is 0 Å². The molecule has 0 amide bonds. The summed E-state index contributed by atoms with van der Waals surface area (Å²) in [6.45, 7) is 4.13. The Bertz CT molecular complexity index is 258. The molecule has 0 fully saturated rings. The summed E-state index contributed by atoms with van der Waals surface area (Å²) >= 11 is 0. The van der Waals surface area contributed by atoms with E-state index in [0.29, 0.717) is 5.75 Å². The van der Waals surface area contributed by atoms with Crippen molar-refractivity contribution < 1.29 is 9.84 Å². The van der Waals surface area contributed by atoms with E-state index in [-0.39, 0.29) is 11.9 Å². The predicted octanol–water partition coefficient (Wildman–Crippen LogP) is 2.96. The molecule has 1 aromatic rings. The van der Waals surface area contributed by atoms with Crippen LogP contribution in [0.1, 0.15) is 26.7 Å². The Labute approximate surface area is 79.2 Å². The van der Waals surface area contributed by atoms with E-state index in [1.165, 1.54) is 0 Å². The van der Waals surface area contributed by atoms with E-state index in [1.807, 2.05) is 13.0 Å². The average Bonchev–Trinajstić information content (AvgIpc) is 2.09. The van der Waals surface area contributed by atoms with Gasteiger partial charge in [0.15, 0.2) is 11.5 Å². The van der Waals surface area contributed by atoms with E-state index in [9.17, 15) is 5.11 Å². The lowest BCUT2D eigenvalue weighted by Gasteiger charge is -2.14. The van der Waals surface area contributed by atoms with Crippen molar-refractivity contribution in [3.63, 3.8) is 0 Å². The summed E-state index contributed by atoms with van der Waals surface area (Å²) in [6, 6.07) is 7.05. The fourth-order valence-corrected chi connectivity index (χ4v) is 1.24. The third kappa shape index (κ3) is 2.98. The van der Waals surface area contributed by atoms with Crippen LogP contribution in [-0.4, -0.2) is 11.2 Å². The van der Waals surface area contributed by atoms with Crippen molar-refractivity contribution in [3.8, 4) is 11.5 Å². The van der Waals surface area contributed by atoms with Gasteiger partial charge in [-0.05, 0) is 25.5 Å². The summed E-state index contributed by atoms with van der Waals surface area (Å²) in [7, 11) is 0. The van der Waals surface area contributed by atoms with Crippen LogP contribution in [0.25, 0.3) is 0 Å². The quantitative estimate of drug-likeness (QED) is 0.771. The maximum atomic E-state index is 9.40. The molecule has 0 aliphatic carbocycles. The first-order chi connectivity index (χ1) is 6.24. The average molecular weight is 180 g/mol. The van der Waals surface area contributed by atoms with Gasteiger partial charge in [0, 0.05) is 0 Å². The van der Waals surface area contributed by atoms with Crippen LogP contribution < -0.4 is 4.74 Å². The zero-order valence-electron chi connectivity index (χ0n) is 8.16. The Hall–Kier alpha value is -1.18. The van der Waals surface area contributed by atoms with Gasteiger partial charge in [-0.3, -0.25) is 0 Å². The second kappa shape index (κ2) is 4.75. The van der Waals surface area contributed by atoms with Crippen molar-refractivity contribution in [2.75, 3.05) is 0 Å². The molecule has 1 atom stereocenters. The number of phenolic OH excluding ortho intramolecular Hbond substituents is 1. The molecule has 1 N–H and O–H groups in total. The highest BCUT2D eigenvalue weighted by atomic mass is 16.5. The van der Waals surface area contributed by atoms with Crippen molar-refractivity contribution >= 4 is 0 Å². The van der Waals surface area contributed by atoms with Gasteiger partial charge in [-0.2, -0.15) is 0 Å². The molecule has 72 valence electrons. The van der Waals surface area contributed by atoms with Crippen molar-refractivity contribution in [1.82, 2.24) is 0 Å². The number of hydrogen-bond acceptors (Lipinski definition) is 2. The highest BCUT2D eigenvalue weighted by Gasteiger charge is 2.05. The lowest BCUT2D eigenvalue weighted by atomic mass is 10.2. The Morgan fingerprint density at radius 1 is 1.38 bits per heavy atom. The molecule has 1 aromatic carbocycles. The standard InChI is InChI=1S/C11H16O2/c1-3-6-9(2)13-11-8-5-4-7-10(11)12/h4-5,7-9,12H,3,6H2,1-2H3. The minimum absolute atomic E-state index is 0.165. The number of phenols is 1. The van der Waals surface area contributed by atoms with Crippen LogP contribution in [-0.2, 0) is 0 Å². The number of rotatable bonds is 4. The van der Waals surface area contributed by atoms with E-state index in [2.05, 4.69) is 6.92 Å². The highest BCUT2D eigenvalue weighted by molar-refractivity contribution is 5.37. The first-order valence-corrected chi connectivity index (χ1v) is 4.68. The number of para-hydroxylation sites is 2. The molecule has 0 saturated heterocycles. The third-order valence-electron chi connectivity index (χ3n) is 1.89. The topological polar surface area (TPSA) is 29.5 Å². The zero-order chi connectivity index (χ0) is 9.68. The minimum Gasteiger partial charge on any atom is -0.504 e. The molecular weight excluding hydrogens is 164 g/mol. The fourth-order valence-electron chi connectivity index (χ4n) is 1.24. The van der Waals surface area contributed by atoms with Gasteiger partial charge in [0.2, 0.25) is 0 Å². The Kier molecular flexibility index (Phi) is 3.62. The summed E-state index contributed by atoms with van der Waals surface area (Å²) in [4.78, 5) is 0. The molecule has 0 bridgehead atoms. The zero-order valence-corrected chi connectivity index (χ0v) is 8.16. The van der Waals surface area contributed by atoms with Crippen LogP contribution in [0.5, 0.6) is 11.5 Å². The normalized spacial score (nSPS) is 12.5. The van der Waals surface area contributed by atoms with Crippen LogP contribution in [0.4, 0.5) is 0 Å². The van der Waals surface area contributed by atoms with Gasteiger partial charge in [0.25, 0.3) is 0 Å². The van der Waals surface area contributed by atoms with E-state index < -0.39 is 0 Å². The molecule has 0 heterocycles. The Morgan fingerprint density at radius 3 is 2.69 bits per heavy atom. The van der Waals surface area contributed by atoms with Crippen LogP contribution >= 0.6 is 0 Å². The van der Waals surface area contributed by atoms with Crippen molar-refractivity contribution in [1.29, 1.82) is 0 Å². The largest absolute Gasteiger partial charge is 0.504 e. The molecule has 13 heavy (non-hydrogen) atoms. The fraction of sp³-hybridized carbons (Fsp3) is 0.455. The number of ether oxygens (including phenoxy) is 1. The monoisotopic (exact) mass is 180 g/mol. The minimum atomic E-state index is 0.165. The molecule has 2 nitrogen and oxygen atoms in total. The van der Waals surface area contributed by atoms with Gasteiger partial charge in [-0.1, -0.05) is 25.5 Å². The van der Waals surface area contributed by atoms with Crippen molar-refractivity contribution in [2.45, 2.75) is 32.8 Å². The van der Waals surface area contributed by atoms with Crippen LogP contribution in [0.3, 0.4) is 0 Å². The van der Waals surface area contributed by atoms with Gasteiger partial charge in [0.1, 0.15) is 0 Å². The lowest BCUT2D eigenvalue weighted by Crippen LogP contribution is -2.10. The molecule has 0 aliphatic rings. The maximum Gasteiger partial charge on any atom is 0.161 e. The van der Waals surface area contributed by atoms with Crippen molar-refractivity contribution in [2.24, 2.45) is 0 Å². The summed E-state index contributed by atoms with van der Waals surface area (Å²) in [6.07, 6.45) is 2.27. The van der Waals surface area contributed by atoms with Crippen LogP contribution in [0.15, 0.2) is 24.3 Å².